The van der Waals surface area contributed by atoms with Crippen molar-refractivity contribution in [3.8, 4) is 0 Å². The second kappa shape index (κ2) is 5.08. The number of carbonyl (C=O) groups is 1. The third-order valence-corrected chi connectivity index (χ3v) is 2.61. The van der Waals surface area contributed by atoms with Gasteiger partial charge >= 0.3 is 0 Å². The summed E-state index contributed by atoms with van der Waals surface area (Å²) in [7, 11) is 1.87. The molecule has 0 saturated carbocycles. The van der Waals surface area contributed by atoms with Crippen molar-refractivity contribution in [3.63, 3.8) is 0 Å². The molecule has 0 aliphatic rings. The van der Waals surface area contributed by atoms with E-state index in [0.29, 0.717) is 0 Å². The van der Waals surface area contributed by atoms with E-state index in [1.165, 1.54) is 5.56 Å². The fraction of sp³-hybridized carbons (Fsp3) is 0.462. The van der Waals surface area contributed by atoms with Gasteiger partial charge in [-0.25, -0.2) is 0 Å². The van der Waals surface area contributed by atoms with Crippen LogP contribution in [0.5, 0.6) is 0 Å². The van der Waals surface area contributed by atoms with Crippen LogP contribution in [0.2, 0.25) is 0 Å². The van der Waals surface area contributed by atoms with Crippen LogP contribution in [0.3, 0.4) is 0 Å². The van der Waals surface area contributed by atoms with Crippen molar-refractivity contribution >= 4 is 5.78 Å². The zero-order valence-electron chi connectivity index (χ0n) is 9.92. The molecule has 0 heterocycles. The highest BCUT2D eigenvalue weighted by molar-refractivity contribution is 5.99. The van der Waals surface area contributed by atoms with Gasteiger partial charge in [0.1, 0.15) is 0 Å². The predicted octanol–water partition coefficient (Wildman–Crippen LogP) is 2.34. The summed E-state index contributed by atoms with van der Waals surface area (Å²) in [5, 5.41) is 3.03. The van der Waals surface area contributed by atoms with Crippen molar-refractivity contribution in [1.82, 2.24) is 5.32 Å². The van der Waals surface area contributed by atoms with E-state index >= 15 is 0 Å². The van der Waals surface area contributed by atoms with Crippen molar-refractivity contribution in [2.45, 2.75) is 20.8 Å². The van der Waals surface area contributed by atoms with Gasteiger partial charge in [-0.2, -0.15) is 0 Å². The molecule has 0 saturated heterocycles. The largest absolute Gasteiger partial charge is 0.319 e. The first kappa shape index (κ1) is 11.9. The van der Waals surface area contributed by atoms with E-state index in [4.69, 9.17) is 0 Å². The Bertz CT molecular complexity index is 358. The molecule has 0 spiro atoms. The lowest BCUT2D eigenvalue weighted by Gasteiger charge is -2.12. The number of carbonyl (C=O) groups excluding carboxylic acids is 1. The third-order valence-electron chi connectivity index (χ3n) is 2.61. The molecule has 1 atom stereocenters. The highest BCUT2D eigenvalue weighted by Crippen LogP contribution is 2.14. The number of aryl methyl sites for hydroxylation is 2. The van der Waals surface area contributed by atoms with E-state index in [2.05, 4.69) is 11.4 Å². The molecular formula is C13H19NO. The Kier molecular flexibility index (Phi) is 4.04. The average Bonchev–Trinajstić information content (AvgIpc) is 2.17. The lowest BCUT2D eigenvalue weighted by atomic mass is 9.95. The highest BCUT2D eigenvalue weighted by Gasteiger charge is 2.15. The van der Waals surface area contributed by atoms with Crippen LogP contribution in [0.4, 0.5) is 0 Å². The van der Waals surface area contributed by atoms with Crippen molar-refractivity contribution in [2.75, 3.05) is 13.6 Å². The number of hydrogen-bond acceptors (Lipinski definition) is 2. The van der Waals surface area contributed by atoms with E-state index in [9.17, 15) is 4.79 Å². The van der Waals surface area contributed by atoms with E-state index in [0.717, 1.165) is 17.7 Å². The molecule has 0 radical (unpaired) electrons. The summed E-state index contributed by atoms with van der Waals surface area (Å²) < 4.78 is 0. The SMILES string of the molecule is CNCC(C)C(=O)c1ccc(C)cc1C. The summed E-state index contributed by atoms with van der Waals surface area (Å²) in [5.41, 5.74) is 3.12. The minimum Gasteiger partial charge on any atom is -0.319 e. The summed E-state index contributed by atoms with van der Waals surface area (Å²) in [6, 6.07) is 5.98. The van der Waals surface area contributed by atoms with E-state index in [1.807, 2.05) is 40.0 Å². The van der Waals surface area contributed by atoms with Gasteiger partial charge < -0.3 is 5.32 Å². The second-order valence-electron chi connectivity index (χ2n) is 4.14. The molecule has 2 heteroatoms. The standard InChI is InChI=1S/C13H19NO/c1-9-5-6-12(10(2)7-9)13(15)11(3)8-14-4/h5-7,11,14H,8H2,1-4H3. The van der Waals surface area contributed by atoms with Gasteiger partial charge in [-0.15, -0.1) is 0 Å². The first-order chi connectivity index (χ1) is 7.06. The summed E-state index contributed by atoms with van der Waals surface area (Å²) in [6.45, 7) is 6.72. The van der Waals surface area contributed by atoms with Gasteiger partial charge in [-0.05, 0) is 26.5 Å². The molecule has 0 amide bonds. The number of rotatable bonds is 4. The molecule has 15 heavy (non-hydrogen) atoms. The van der Waals surface area contributed by atoms with Gasteiger partial charge in [-0.3, -0.25) is 4.79 Å². The van der Waals surface area contributed by atoms with Crippen LogP contribution in [-0.2, 0) is 0 Å². The Morgan fingerprint density at radius 3 is 2.60 bits per heavy atom. The van der Waals surface area contributed by atoms with Crippen LogP contribution in [0, 0.1) is 19.8 Å². The normalized spacial score (nSPS) is 12.5. The van der Waals surface area contributed by atoms with E-state index in [-0.39, 0.29) is 11.7 Å². The van der Waals surface area contributed by atoms with Crippen molar-refractivity contribution in [1.29, 1.82) is 0 Å². The fourth-order valence-electron chi connectivity index (χ4n) is 1.75. The maximum atomic E-state index is 12.0. The van der Waals surface area contributed by atoms with E-state index in [1.54, 1.807) is 0 Å². The van der Waals surface area contributed by atoms with Gasteiger partial charge in [-0.1, -0.05) is 30.7 Å². The maximum absolute atomic E-state index is 12.0. The Morgan fingerprint density at radius 1 is 1.40 bits per heavy atom. The molecule has 0 fully saturated rings. The molecule has 82 valence electrons. The van der Waals surface area contributed by atoms with E-state index < -0.39 is 0 Å². The minimum atomic E-state index is 0.0383. The first-order valence-corrected chi connectivity index (χ1v) is 5.32. The molecule has 1 aromatic carbocycles. The van der Waals surface area contributed by atoms with Crippen LogP contribution >= 0.6 is 0 Å². The van der Waals surface area contributed by atoms with Gasteiger partial charge in [0.05, 0.1) is 0 Å². The number of Topliss-reactive ketones (excluding diaryl/α,β-unsaturated/α-hetero) is 1. The zero-order chi connectivity index (χ0) is 11.4. The fourth-order valence-corrected chi connectivity index (χ4v) is 1.75. The minimum absolute atomic E-state index is 0.0383. The Hall–Kier alpha value is -1.15. The predicted molar refractivity (Wildman–Crippen MR) is 63.3 cm³/mol. The highest BCUT2D eigenvalue weighted by atomic mass is 16.1. The summed E-state index contributed by atoms with van der Waals surface area (Å²) >= 11 is 0. The summed E-state index contributed by atoms with van der Waals surface area (Å²) in [5.74, 6) is 0.262. The Morgan fingerprint density at radius 2 is 2.07 bits per heavy atom. The molecule has 0 aliphatic carbocycles. The summed E-state index contributed by atoms with van der Waals surface area (Å²) in [6.07, 6.45) is 0. The van der Waals surface area contributed by atoms with Crippen molar-refractivity contribution in [3.05, 3.63) is 34.9 Å². The van der Waals surface area contributed by atoms with Gasteiger partial charge in [0.15, 0.2) is 5.78 Å². The van der Waals surface area contributed by atoms with Gasteiger partial charge in [0.2, 0.25) is 0 Å². The number of ketones is 1. The van der Waals surface area contributed by atoms with Crippen molar-refractivity contribution < 1.29 is 4.79 Å². The molecule has 1 aromatic rings. The molecule has 1 rings (SSSR count). The van der Waals surface area contributed by atoms with Gasteiger partial charge in [0.25, 0.3) is 0 Å². The van der Waals surface area contributed by atoms with Crippen LogP contribution in [0.1, 0.15) is 28.4 Å². The smallest absolute Gasteiger partial charge is 0.167 e. The Labute approximate surface area is 91.7 Å². The molecular weight excluding hydrogens is 186 g/mol. The topological polar surface area (TPSA) is 29.1 Å². The molecule has 1 unspecified atom stereocenters. The molecule has 2 nitrogen and oxygen atoms in total. The zero-order valence-corrected chi connectivity index (χ0v) is 9.92. The molecule has 0 aromatic heterocycles. The third kappa shape index (κ3) is 2.90. The monoisotopic (exact) mass is 205 g/mol. The quantitative estimate of drug-likeness (QED) is 0.764. The van der Waals surface area contributed by atoms with Gasteiger partial charge in [0, 0.05) is 18.0 Å². The van der Waals surface area contributed by atoms with Crippen molar-refractivity contribution in [2.24, 2.45) is 5.92 Å². The van der Waals surface area contributed by atoms with Crippen LogP contribution in [0.25, 0.3) is 0 Å². The molecule has 0 bridgehead atoms. The molecule has 0 aliphatic heterocycles. The van der Waals surface area contributed by atoms with Crippen LogP contribution in [-0.4, -0.2) is 19.4 Å². The maximum Gasteiger partial charge on any atom is 0.167 e. The van der Waals surface area contributed by atoms with Crippen LogP contribution in [0.15, 0.2) is 18.2 Å². The lowest BCUT2D eigenvalue weighted by molar-refractivity contribution is 0.0929. The number of nitrogens with one attached hydrogen (secondary N) is 1. The molecule has 1 N–H and O–H groups in total. The lowest BCUT2D eigenvalue weighted by Crippen LogP contribution is -2.24. The number of hydrogen-bond donors (Lipinski definition) is 1. The summed E-state index contributed by atoms with van der Waals surface area (Å²) in [4.78, 5) is 12.0. The Balaban J connectivity index is 2.91. The van der Waals surface area contributed by atoms with Crippen LogP contribution < -0.4 is 5.32 Å². The second-order valence-corrected chi connectivity index (χ2v) is 4.14. The average molecular weight is 205 g/mol. The first-order valence-electron chi connectivity index (χ1n) is 5.32. The number of benzene rings is 1.